The van der Waals surface area contributed by atoms with Crippen molar-refractivity contribution >= 4 is 34.4 Å². The fraction of sp³-hybridized carbons (Fsp3) is 0.340. The number of nitrogens with one attached hydrogen (secondary N) is 1. The minimum atomic E-state index is -1.83. The standard InChI is InChI=1S/C24H23F2N3O.C19H18F2N2O.C5H4BrN.2CH4.ClH.K.H/c1-23-14-17-15-28-29(20-6-4-19(25)5-7-20)21(17)13-18(23)3-2-10-24(23,26)22(30)16-8-11-27-12-9-16;1-18-10-13-11-22-23(16-6-4-15(20)5-7-16)17(13)9-14(18)3-2-8-19(18,21)12-24;6-5-1-3-7-4-2-5;;;;;/h4-9,11-13,15,22,30H,2-3,10,14H2,1H3;4-7,9,11-12H,2-3,8,10H2,1H3;1-4H;2*1H4;1H;;/q;;;;;;+1;-1/t22?,23-,24-;18-,19-;;;;;;/m00....../s1. The number of nitrogens with zero attached hydrogens (tertiary/aromatic N) is 5. The zero-order valence-corrected chi connectivity index (χ0v) is 40.7. The molecule has 0 bridgehead atoms. The number of carbonyl (C=O) groups is 1. The van der Waals surface area contributed by atoms with Crippen LogP contribution in [0.15, 0.2) is 126 Å². The summed E-state index contributed by atoms with van der Waals surface area (Å²) in [6, 6.07) is 19.5. The number of alkyl halides is 2. The van der Waals surface area contributed by atoms with Crippen molar-refractivity contribution in [3.05, 3.63) is 165 Å². The van der Waals surface area contributed by atoms with Crippen molar-refractivity contribution in [1.82, 2.24) is 24.5 Å². The summed E-state index contributed by atoms with van der Waals surface area (Å²) in [5.74, 6) is -0.600. The first kappa shape index (κ1) is 54.0. The van der Waals surface area contributed by atoms with Crippen molar-refractivity contribution in [2.24, 2.45) is 10.8 Å². The van der Waals surface area contributed by atoms with Crippen LogP contribution in [0.3, 0.4) is 0 Å². The molecule has 0 amide bonds. The number of aldehydes is 1. The summed E-state index contributed by atoms with van der Waals surface area (Å²) < 4.78 is 63.0. The van der Waals surface area contributed by atoms with Crippen molar-refractivity contribution in [3.8, 4) is 11.4 Å². The Morgan fingerprint density at radius 3 is 1.68 bits per heavy atom. The van der Waals surface area contributed by atoms with E-state index >= 15 is 8.78 Å². The van der Waals surface area contributed by atoms with Gasteiger partial charge >= 0.3 is 51.4 Å². The number of aliphatic hydroxyl groups is 1. The third-order valence-corrected chi connectivity index (χ3v) is 13.7. The van der Waals surface area contributed by atoms with Crippen LogP contribution in [0, 0.1) is 22.5 Å². The van der Waals surface area contributed by atoms with Gasteiger partial charge < -0.3 is 18.9 Å². The number of aliphatic hydroxyl groups excluding tert-OH is 1. The predicted octanol–water partition coefficient (Wildman–Crippen LogP) is 5.68. The van der Waals surface area contributed by atoms with E-state index in [1.54, 1.807) is 70.5 Å². The quantitative estimate of drug-likeness (QED) is 0.136. The molecule has 65 heavy (non-hydrogen) atoms. The van der Waals surface area contributed by atoms with Crippen LogP contribution in [-0.2, 0) is 17.6 Å². The van der Waals surface area contributed by atoms with Crippen LogP contribution in [-0.4, -0.2) is 47.3 Å². The molecule has 1 unspecified atom stereocenters. The molecular formula is C50H55BrClF4KN6O2. The number of fused-ring (bicyclic) bond motifs is 4. The fourth-order valence-corrected chi connectivity index (χ4v) is 9.79. The van der Waals surface area contributed by atoms with E-state index in [0.717, 1.165) is 62.4 Å². The fourth-order valence-electron chi connectivity index (χ4n) is 9.53. The van der Waals surface area contributed by atoms with Crippen LogP contribution >= 0.6 is 15.9 Å². The monoisotopic (exact) mass is 1000 g/mol. The average Bonchev–Trinajstić information content (AvgIpc) is 3.87. The number of aromatic nitrogens is 6. The smallest absolute Gasteiger partial charge is 1.00 e. The van der Waals surface area contributed by atoms with E-state index < -0.39 is 28.3 Å². The number of rotatable bonds is 5. The number of carbonyl (C=O) groups excluding carboxylic acids is 1. The molecule has 0 radical (unpaired) electrons. The van der Waals surface area contributed by atoms with Crippen LogP contribution in [0.4, 0.5) is 17.6 Å². The van der Waals surface area contributed by atoms with Gasteiger partial charge in [0.2, 0.25) is 0 Å². The van der Waals surface area contributed by atoms with Crippen molar-refractivity contribution in [2.45, 2.75) is 97.5 Å². The Kier molecular flexibility index (Phi) is 18.3. The van der Waals surface area contributed by atoms with E-state index in [-0.39, 0.29) is 98.1 Å². The van der Waals surface area contributed by atoms with E-state index in [4.69, 9.17) is 0 Å². The van der Waals surface area contributed by atoms with Crippen LogP contribution in [0.1, 0.15) is 103 Å². The Morgan fingerprint density at radius 2 is 1.22 bits per heavy atom. The Bertz CT molecular complexity index is 2610. The molecule has 2 saturated carbocycles. The Hall–Kier alpha value is -3.60. The molecule has 10 rings (SSSR count). The number of aromatic amines is 1. The van der Waals surface area contributed by atoms with E-state index in [0.29, 0.717) is 44.0 Å². The molecule has 2 N–H and O–H groups in total. The van der Waals surface area contributed by atoms with Crippen LogP contribution in [0.25, 0.3) is 23.5 Å². The molecule has 340 valence electrons. The first-order chi connectivity index (χ1) is 29.3. The second-order valence-corrected chi connectivity index (χ2v) is 17.6. The number of allylic oxidation sites excluding steroid dienone is 2. The molecule has 4 aliphatic carbocycles. The normalized spacial score (nSPS) is 23.8. The van der Waals surface area contributed by atoms with Gasteiger partial charge in [0, 0.05) is 39.8 Å². The molecule has 2 aromatic carbocycles. The zero-order chi connectivity index (χ0) is 43.0. The maximum Gasteiger partial charge on any atom is 1.00 e. The van der Waals surface area contributed by atoms with Gasteiger partial charge in [0.05, 0.1) is 35.2 Å². The molecule has 4 aromatic heterocycles. The van der Waals surface area contributed by atoms with Gasteiger partial charge in [-0.25, -0.2) is 31.9 Å². The summed E-state index contributed by atoms with van der Waals surface area (Å²) in [6.45, 7) is 3.76. The van der Waals surface area contributed by atoms with Crippen LogP contribution in [0.2, 0.25) is 0 Å². The third-order valence-electron chi connectivity index (χ3n) is 13.2. The number of hydrogen-bond acceptors (Lipinski definition) is 5. The van der Waals surface area contributed by atoms with Gasteiger partial charge in [-0.1, -0.05) is 55.8 Å². The van der Waals surface area contributed by atoms with E-state index in [1.165, 1.54) is 24.3 Å². The average molecular weight is 1000 g/mol. The number of H-pyrrole nitrogens is 1. The third kappa shape index (κ3) is 10.3. The molecule has 0 spiro atoms. The molecule has 5 atom stereocenters. The van der Waals surface area contributed by atoms with E-state index in [9.17, 15) is 18.7 Å². The van der Waals surface area contributed by atoms with Crippen molar-refractivity contribution < 1.29 is 97.7 Å². The Balaban J connectivity index is 0.000000290. The minimum absolute atomic E-state index is 0. The minimum Gasteiger partial charge on any atom is -1.00 e. The number of pyridine rings is 2. The molecule has 0 aliphatic heterocycles. The Morgan fingerprint density at radius 1 is 0.754 bits per heavy atom. The SMILES string of the molecule is Brc1cc[nH+]cc1.C.C.C[C@]12Cc3cnn(-c4ccc(F)cc4)c3C=C1CCC[C@]2(F)C(O)c1ccncc1.C[C@]12Cc3cnn(-c4ccc(F)cc4)c3C=C1CCC[C@]2(F)C=O.[Cl-].[H-].[K+]. The maximum absolute atomic E-state index is 16.7. The van der Waals surface area contributed by atoms with E-state index in [1.807, 2.05) is 50.5 Å². The van der Waals surface area contributed by atoms with Gasteiger partial charge in [0.25, 0.3) is 0 Å². The van der Waals surface area contributed by atoms with Crippen LogP contribution in [0.5, 0.6) is 0 Å². The molecule has 4 aliphatic rings. The second-order valence-electron chi connectivity index (χ2n) is 16.7. The van der Waals surface area contributed by atoms with Crippen molar-refractivity contribution in [3.63, 3.8) is 0 Å². The predicted molar refractivity (Wildman–Crippen MR) is 243 cm³/mol. The summed E-state index contributed by atoms with van der Waals surface area (Å²) in [5, 5.41) is 20.0. The van der Waals surface area contributed by atoms with Crippen molar-refractivity contribution in [2.75, 3.05) is 0 Å². The van der Waals surface area contributed by atoms with Gasteiger partial charge in [-0.3, -0.25) is 9.78 Å². The van der Waals surface area contributed by atoms with Gasteiger partial charge in [-0.15, -0.1) is 0 Å². The maximum atomic E-state index is 16.7. The van der Waals surface area contributed by atoms with Crippen LogP contribution < -0.4 is 68.8 Å². The first-order valence-electron chi connectivity index (χ1n) is 20.4. The molecule has 8 nitrogen and oxygen atoms in total. The van der Waals surface area contributed by atoms with Crippen molar-refractivity contribution in [1.29, 1.82) is 0 Å². The molecule has 0 saturated heterocycles. The molecule has 2 fully saturated rings. The number of halogens is 6. The summed E-state index contributed by atoms with van der Waals surface area (Å²) >= 11 is 3.29. The summed E-state index contributed by atoms with van der Waals surface area (Å²) in [6.07, 6.45) is 17.9. The van der Waals surface area contributed by atoms with Gasteiger partial charge in [0.15, 0.2) is 24.3 Å². The molecule has 15 heteroatoms. The summed E-state index contributed by atoms with van der Waals surface area (Å²) in [5.41, 5.74) is 2.37. The summed E-state index contributed by atoms with van der Waals surface area (Å²) in [4.78, 5) is 18.3. The first-order valence-corrected chi connectivity index (χ1v) is 21.2. The topological polar surface area (TPSA) is 100.0 Å². The Labute approximate surface area is 437 Å². The largest absolute Gasteiger partial charge is 1.00 e. The zero-order valence-electron chi connectivity index (χ0n) is 36.2. The number of hydrogen-bond donors (Lipinski definition) is 1. The molecule has 6 aromatic rings. The number of benzene rings is 2. The second kappa shape index (κ2) is 22.0. The summed E-state index contributed by atoms with van der Waals surface area (Å²) in [7, 11) is 0. The van der Waals surface area contributed by atoms with Gasteiger partial charge in [-0.2, -0.15) is 10.2 Å². The molecular weight excluding hydrogens is 947 g/mol. The molecule has 4 heterocycles. The van der Waals surface area contributed by atoms with Gasteiger partial charge in [-0.05, 0) is 141 Å². The van der Waals surface area contributed by atoms with Gasteiger partial charge in [0.1, 0.15) is 23.4 Å². The van der Waals surface area contributed by atoms with E-state index in [2.05, 4.69) is 36.1 Å².